The third-order valence-corrected chi connectivity index (χ3v) is 4.56. The Hall–Kier alpha value is -2.80. The number of aryl methyl sites for hydroxylation is 1. The maximum atomic E-state index is 12.1. The fourth-order valence-corrected chi connectivity index (χ4v) is 3.13. The molecule has 6 nitrogen and oxygen atoms in total. The second-order valence-corrected chi connectivity index (χ2v) is 6.56. The lowest BCUT2D eigenvalue weighted by atomic mass is 10.2. The van der Waals surface area contributed by atoms with Gasteiger partial charge in [-0.1, -0.05) is 12.1 Å². The SMILES string of the molecule is Cc1cccc(NC(=O)COC(=O)c2ccc3c(c2)NC(=O)CS3)c1. The van der Waals surface area contributed by atoms with Gasteiger partial charge in [-0.3, -0.25) is 9.59 Å². The van der Waals surface area contributed by atoms with E-state index in [0.29, 0.717) is 17.1 Å². The number of fused-ring (bicyclic) bond motifs is 1. The maximum Gasteiger partial charge on any atom is 0.338 e. The molecule has 128 valence electrons. The maximum absolute atomic E-state index is 12.1. The van der Waals surface area contributed by atoms with Crippen molar-refractivity contribution in [3.05, 3.63) is 53.6 Å². The van der Waals surface area contributed by atoms with Crippen LogP contribution in [0.1, 0.15) is 15.9 Å². The molecule has 0 radical (unpaired) electrons. The number of carbonyl (C=O) groups excluding carboxylic acids is 3. The summed E-state index contributed by atoms with van der Waals surface area (Å²) in [6, 6.07) is 12.3. The molecule has 1 heterocycles. The van der Waals surface area contributed by atoms with Crippen LogP contribution in [0.5, 0.6) is 0 Å². The van der Waals surface area contributed by atoms with Crippen molar-refractivity contribution in [3.8, 4) is 0 Å². The molecule has 2 N–H and O–H groups in total. The van der Waals surface area contributed by atoms with Crippen LogP contribution >= 0.6 is 11.8 Å². The van der Waals surface area contributed by atoms with Crippen LogP contribution in [-0.4, -0.2) is 30.1 Å². The molecule has 0 bridgehead atoms. The summed E-state index contributed by atoms with van der Waals surface area (Å²) in [4.78, 5) is 36.3. The fourth-order valence-electron chi connectivity index (χ4n) is 2.34. The van der Waals surface area contributed by atoms with Crippen LogP contribution in [0.15, 0.2) is 47.4 Å². The lowest BCUT2D eigenvalue weighted by Crippen LogP contribution is -2.22. The van der Waals surface area contributed by atoms with E-state index in [0.717, 1.165) is 10.5 Å². The van der Waals surface area contributed by atoms with E-state index in [-0.39, 0.29) is 18.1 Å². The van der Waals surface area contributed by atoms with Crippen molar-refractivity contribution in [2.75, 3.05) is 23.0 Å². The summed E-state index contributed by atoms with van der Waals surface area (Å²) in [5.41, 5.74) is 2.53. The van der Waals surface area contributed by atoms with Gasteiger partial charge in [0.2, 0.25) is 5.91 Å². The Morgan fingerprint density at radius 3 is 2.88 bits per heavy atom. The van der Waals surface area contributed by atoms with Crippen LogP contribution < -0.4 is 10.6 Å². The Kier molecular flexibility index (Phi) is 5.04. The molecule has 0 saturated carbocycles. The quantitative estimate of drug-likeness (QED) is 0.823. The number of nitrogens with one attached hydrogen (secondary N) is 2. The molecule has 1 aliphatic heterocycles. The first kappa shape index (κ1) is 17.0. The Morgan fingerprint density at radius 2 is 2.08 bits per heavy atom. The average molecular weight is 356 g/mol. The number of thioether (sulfide) groups is 1. The molecular weight excluding hydrogens is 340 g/mol. The van der Waals surface area contributed by atoms with Crippen molar-refractivity contribution in [1.29, 1.82) is 0 Å². The van der Waals surface area contributed by atoms with E-state index in [1.807, 2.05) is 25.1 Å². The predicted molar refractivity (Wildman–Crippen MR) is 95.9 cm³/mol. The van der Waals surface area contributed by atoms with Crippen LogP contribution in [0.3, 0.4) is 0 Å². The molecule has 3 rings (SSSR count). The molecule has 0 aromatic heterocycles. The summed E-state index contributed by atoms with van der Waals surface area (Å²) in [5, 5.41) is 5.38. The van der Waals surface area contributed by atoms with Crippen molar-refractivity contribution in [3.63, 3.8) is 0 Å². The van der Waals surface area contributed by atoms with E-state index in [4.69, 9.17) is 4.74 Å². The molecule has 0 spiro atoms. The molecule has 0 saturated heterocycles. The summed E-state index contributed by atoms with van der Waals surface area (Å²) in [6.07, 6.45) is 0. The van der Waals surface area contributed by atoms with E-state index in [1.165, 1.54) is 11.8 Å². The summed E-state index contributed by atoms with van der Waals surface area (Å²) in [5.74, 6) is -0.788. The van der Waals surface area contributed by atoms with Crippen molar-refractivity contribution >= 4 is 40.9 Å². The molecule has 0 unspecified atom stereocenters. The van der Waals surface area contributed by atoms with Gasteiger partial charge in [0.1, 0.15) is 0 Å². The van der Waals surface area contributed by atoms with Gasteiger partial charge in [-0.05, 0) is 42.8 Å². The third-order valence-electron chi connectivity index (χ3n) is 3.48. The minimum Gasteiger partial charge on any atom is -0.452 e. The topological polar surface area (TPSA) is 84.5 Å². The smallest absolute Gasteiger partial charge is 0.338 e. The molecule has 7 heteroatoms. The van der Waals surface area contributed by atoms with E-state index in [2.05, 4.69) is 10.6 Å². The zero-order valence-corrected chi connectivity index (χ0v) is 14.3. The standard InChI is InChI=1S/C18H16N2O4S/c1-11-3-2-4-13(7-11)19-16(21)9-24-18(23)12-5-6-15-14(8-12)20-17(22)10-25-15/h2-8H,9-10H2,1H3,(H,19,21)(H,20,22). The Bertz CT molecular complexity index is 851. The van der Waals surface area contributed by atoms with Gasteiger partial charge in [0.15, 0.2) is 6.61 Å². The highest BCUT2D eigenvalue weighted by molar-refractivity contribution is 8.00. The van der Waals surface area contributed by atoms with E-state index >= 15 is 0 Å². The highest BCUT2D eigenvalue weighted by atomic mass is 32.2. The van der Waals surface area contributed by atoms with E-state index in [9.17, 15) is 14.4 Å². The fraction of sp³-hybridized carbons (Fsp3) is 0.167. The van der Waals surface area contributed by atoms with Crippen molar-refractivity contribution < 1.29 is 19.1 Å². The first-order chi connectivity index (χ1) is 12.0. The number of ether oxygens (including phenoxy) is 1. The van der Waals surface area contributed by atoms with Crippen molar-refractivity contribution in [2.45, 2.75) is 11.8 Å². The minimum absolute atomic E-state index is 0.111. The molecule has 0 fully saturated rings. The van der Waals surface area contributed by atoms with Crippen molar-refractivity contribution in [2.24, 2.45) is 0 Å². The van der Waals surface area contributed by atoms with Crippen LogP contribution in [0.25, 0.3) is 0 Å². The molecule has 2 aromatic rings. The monoisotopic (exact) mass is 356 g/mol. The van der Waals surface area contributed by atoms with Gasteiger partial charge in [0.25, 0.3) is 5.91 Å². The van der Waals surface area contributed by atoms with Gasteiger partial charge in [0, 0.05) is 10.6 Å². The number of rotatable bonds is 4. The number of carbonyl (C=O) groups is 3. The Labute approximate surface area is 148 Å². The lowest BCUT2D eigenvalue weighted by molar-refractivity contribution is -0.119. The third kappa shape index (κ3) is 4.39. The zero-order valence-electron chi connectivity index (χ0n) is 13.5. The van der Waals surface area contributed by atoms with Gasteiger partial charge in [-0.2, -0.15) is 0 Å². The summed E-state index contributed by atoms with van der Waals surface area (Å²) in [6.45, 7) is 1.54. The highest BCUT2D eigenvalue weighted by Gasteiger charge is 2.18. The molecule has 2 amide bonds. The number of anilines is 2. The van der Waals surface area contributed by atoms with Crippen LogP contribution in [0.4, 0.5) is 11.4 Å². The van der Waals surface area contributed by atoms with E-state index in [1.54, 1.807) is 24.3 Å². The molecule has 25 heavy (non-hydrogen) atoms. The highest BCUT2D eigenvalue weighted by Crippen LogP contribution is 2.32. The Balaban J connectivity index is 1.58. The summed E-state index contributed by atoms with van der Waals surface area (Å²) in [7, 11) is 0. The number of hydrogen-bond donors (Lipinski definition) is 2. The second-order valence-electron chi connectivity index (χ2n) is 5.54. The summed E-state index contributed by atoms with van der Waals surface area (Å²) < 4.78 is 5.04. The predicted octanol–water partition coefficient (Wildman–Crippen LogP) is 2.83. The van der Waals surface area contributed by atoms with Crippen LogP contribution in [0, 0.1) is 6.92 Å². The second kappa shape index (κ2) is 7.40. The van der Waals surface area contributed by atoms with E-state index < -0.39 is 11.9 Å². The zero-order chi connectivity index (χ0) is 17.8. The largest absolute Gasteiger partial charge is 0.452 e. The molecule has 0 aliphatic carbocycles. The van der Waals surface area contributed by atoms with Gasteiger partial charge >= 0.3 is 5.97 Å². The normalized spacial score (nSPS) is 12.8. The number of benzene rings is 2. The molecular formula is C18H16N2O4S. The van der Waals surface area contributed by atoms with Gasteiger partial charge in [0.05, 0.1) is 17.0 Å². The first-order valence-corrected chi connectivity index (χ1v) is 8.60. The molecule has 2 aromatic carbocycles. The Morgan fingerprint density at radius 1 is 1.24 bits per heavy atom. The molecule has 1 aliphatic rings. The van der Waals surface area contributed by atoms with Crippen molar-refractivity contribution in [1.82, 2.24) is 0 Å². The van der Waals surface area contributed by atoms with Gasteiger partial charge in [-0.25, -0.2) is 4.79 Å². The molecule has 0 atom stereocenters. The first-order valence-electron chi connectivity index (χ1n) is 7.61. The lowest BCUT2D eigenvalue weighted by Gasteiger charge is -2.16. The van der Waals surface area contributed by atoms with Crippen LogP contribution in [-0.2, 0) is 14.3 Å². The average Bonchev–Trinajstić information content (AvgIpc) is 2.59. The number of amides is 2. The van der Waals surface area contributed by atoms with Gasteiger partial charge < -0.3 is 15.4 Å². The number of esters is 1. The van der Waals surface area contributed by atoms with Crippen LogP contribution in [0.2, 0.25) is 0 Å². The number of hydrogen-bond acceptors (Lipinski definition) is 5. The minimum atomic E-state index is -0.619. The van der Waals surface area contributed by atoms with Gasteiger partial charge in [-0.15, -0.1) is 11.8 Å². The summed E-state index contributed by atoms with van der Waals surface area (Å²) >= 11 is 1.41.